The molecule has 1 atom stereocenters. The SMILES string of the molecule is COc1cc([C@H](CC(=O)N2CCN(C)CC2)c2c(O)cc(O)c3c(=O)cc(-c4ccccc4)oc23)cc2c1OCO2. The summed E-state index contributed by atoms with van der Waals surface area (Å²) in [5.74, 6) is -0.0887. The normalized spacial score (nSPS) is 15.7. The number of piperazine rings is 1. The molecule has 4 aromatic rings. The second kappa shape index (κ2) is 10.7. The van der Waals surface area contributed by atoms with Crippen LogP contribution in [0.1, 0.15) is 23.5 Å². The van der Waals surface area contributed by atoms with Crippen molar-refractivity contribution in [1.82, 2.24) is 9.80 Å². The number of amides is 1. The molecule has 41 heavy (non-hydrogen) atoms. The van der Waals surface area contributed by atoms with Crippen molar-refractivity contribution in [2.45, 2.75) is 12.3 Å². The van der Waals surface area contributed by atoms with E-state index >= 15 is 0 Å². The van der Waals surface area contributed by atoms with E-state index in [1.165, 1.54) is 13.2 Å². The second-order valence-electron chi connectivity index (χ2n) is 10.3. The number of hydrogen-bond donors (Lipinski definition) is 2. The summed E-state index contributed by atoms with van der Waals surface area (Å²) in [4.78, 5) is 31.0. The van der Waals surface area contributed by atoms with Gasteiger partial charge in [0.1, 0.15) is 28.2 Å². The molecule has 0 radical (unpaired) electrons. The van der Waals surface area contributed by atoms with Crippen molar-refractivity contribution in [3.05, 3.63) is 75.9 Å². The summed E-state index contributed by atoms with van der Waals surface area (Å²) in [5, 5.41) is 22.0. The van der Waals surface area contributed by atoms with Gasteiger partial charge in [0.2, 0.25) is 18.4 Å². The number of carbonyl (C=O) groups excluding carboxylic acids is 1. The minimum atomic E-state index is -0.789. The number of phenolic OH excluding ortho intramolecular Hbond substituents is 2. The molecule has 3 aromatic carbocycles. The first-order chi connectivity index (χ1) is 19.8. The van der Waals surface area contributed by atoms with Crippen molar-refractivity contribution in [2.24, 2.45) is 0 Å². The lowest BCUT2D eigenvalue weighted by Gasteiger charge is -2.33. The summed E-state index contributed by atoms with van der Waals surface area (Å²) in [6, 6.07) is 15.0. The van der Waals surface area contributed by atoms with Crippen LogP contribution in [0, 0.1) is 0 Å². The van der Waals surface area contributed by atoms with Crippen molar-refractivity contribution >= 4 is 16.9 Å². The van der Waals surface area contributed by atoms with Crippen LogP contribution >= 0.6 is 0 Å². The van der Waals surface area contributed by atoms with Gasteiger partial charge in [-0.25, -0.2) is 0 Å². The van der Waals surface area contributed by atoms with E-state index in [1.54, 1.807) is 29.2 Å². The van der Waals surface area contributed by atoms with Gasteiger partial charge in [-0.2, -0.15) is 0 Å². The molecular formula is C31H30N2O8. The summed E-state index contributed by atoms with van der Waals surface area (Å²) < 4.78 is 23.1. The Hall–Kier alpha value is -4.70. The smallest absolute Gasteiger partial charge is 0.231 e. The van der Waals surface area contributed by atoms with Crippen LogP contribution in [-0.2, 0) is 4.79 Å². The van der Waals surface area contributed by atoms with Gasteiger partial charge >= 0.3 is 0 Å². The zero-order chi connectivity index (χ0) is 28.7. The van der Waals surface area contributed by atoms with Crippen molar-refractivity contribution in [2.75, 3.05) is 47.1 Å². The molecule has 1 aromatic heterocycles. The van der Waals surface area contributed by atoms with Gasteiger partial charge in [-0.1, -0.05) is 30.3 Å². The third kappa shape index (κ3) is 4.91. The lowest BCUT2D eigenvalue weighted by atomic mass is 9.85. The van der Waals surface area contributed by atoms with Gasteiger partial charge in [0.15, 0.2) is 16.9 Å². The van der Waals surface area contributed by atoms with E-state index in [9.17, 15) is 19.8 Å². The number of nitrogens with zero attached hydrogens (tertiary/aromatic N) is 2. The molecule has 0 aliphatic carbocycles. The highest BCUT2D eigenvalue weighted by atomic mass is 16.7. The van der Waals surface area contributed by atoms with Crippen molar-refractivity contribution in [3.8, 4) is 40.1 Å². The molecule has 0 spiro atoms. The van der Waals surface area contributed by atoms with Crippen molar-refractivity contribution in [3.63, 3.8) is 0 Å². The number of likely N-dealkylation sites (N-methyl/N-ethyl adjacent to an activating group) is 1. The summed E-state index contributed by atoms with van der Waals surface area (Å²) >= 11 is 0. The minimum absolute atomic E-state index is 0.00154. The van der Waals surface area contributed by atoms with Crippen LogP contribution in [0.2, 0.25) is 0 Å². The predicted molar refractivity (Wildman–Crippen MR) is 151 cm³/mol. The first-order valence-electron chi connectivity index (χ1n) is 13.4. The highest BCUT2D eigenvalue weighted by Gasteiger charge is 2.32. The minimum Gasteiger partial charge on any atom is -0.507 e. The fraction of sp³-hybridized carbons (Fsp3) is 0.290. The van der Waals surface area contributed by atoms with Gasteiger partial charge in [0.05, 0.1) is 7.11 Å². The zero-order valence-electron chi connectivity index (χ0n) is 22.8. The van der Waals surface area contributed by atoms with Gasteiger partial charge in [0, 0.05) is 61.8 Å². The van der Waals surface area contributed by atoms with Crippen molar-refractivity contribution in [1.29, 1.82) is 0 Å². The molecule has 2 N–H and O–H groups in total. The molecule has 2 aliphatic rings. The topological polar surface area (TPSA) is 122 Å². The molecule has 3 heterocycles. The summed E-state index contributed by atoms with van der Waals surface area (Å²) in [7, 11) is 3.51. The van der Waals surface area contributed by atoms with Crippen LogP contribution < -0.4 is 19.6 Å². The zero-order valence-corrected chi connectivity index (χ0v) is 22.8. The van der Waals surface area contributed by atoms with E-state index in [-0.39, 0.29) is 47.2 Å². The van der Waals surface area contributed by atoms with E-state index in [1.807, 2.05) is 25.2 Å². The van der Waals surface area contributed by atoms with Gasteiger partial charge < -0.3 is 38.6 Å². The number of methoxy groups -OCH3 is 1. The van der Waals surface area contributed by atoms with Crippen molar-refractivity contribution < 1.29 is 33.6 Å². The molecule has 212 valence electrons. The summed E-state index contributed by atoms with van der Waals surface area (Å²) in [6.07, 6.45) is -0.0424. The third-order valence-electron chi connectivity index (χ3n) is 7.72. The summed E-state index contributed by atoms with van der Waals surface area (Å²) in [5.41, 5.74) is 0.965. The molecule has 2 aliphatic heterocycles. The fourth-order valence-corrected chi connectivity index (χ4v) is 5.50. The number of ether oxygens (including phenoxy) is 3. The number of phenols is 2. The molecule has 0 saturated carbocycles. The van der Waals surface area contributed by atoms with E-state index in [0.29, 0.717) is 41.5 Å². The van der Waals surface area contributed by atoms with Crippen LogP contribution in [0.4, 0.5) is 0 Å². The Balaban J connectivity index is 1.56. The molecule has 10 heteroatoms. The van der Waals surface area contributed by atoms with Crippen LogP contribution in [-0.4, -0.2) is 73.0 Å². The van der Waals surface area contributed by atoms with Crippen LogP contribution in [0.5, 0.6) is 28.7 Å². The monoisotopic (exact) mass is 558 g/mol. The van der Waals surface area contributed by atoms with Gasteiger partial charge in [-0.3, -0.25) is 9.59 Å². The molecule has 6 rings (SSSR count). The standard InChI is InChI=1S/C31H30N2O8/c1-32-8-10-33(11-9-32)27(37)14-20(19-12-25(38-2)30-26(13-19)39-17-40-30)28-21(34)15-22(35)29-23(36)16-24(41-31(28)29)18-6-4-3-5-7-18/h3-7,12-13,15-16,20,34-35H,8-11,14,17H2,1-2H3/t20-/m0/s1. The number of carbonyl (C=O) groups is 1. The van der Waals surface area contributed by atoms with E-state index < -0.39 is 17.1 Å². The van der Waals surface area contributed by atoms with E-state index in [0.717, 1.165) is 19.2 Å². The first kappa shape index (κ1) is 26.5. The van der Waals surface area contributed by atoms with E-state index in [4.69, 9.17) is 18.6 Å². The average Bonchev–Trinajstić information content (AvgIpc) is 3.45. The number of fused-ring (bicyclic) bond motifs is 2. The highest BCUT2D eigenvalue weighted by Crippen LogP contribution is 2.48. The maximum absolute atomic E-state index is 13.7. The average molecular weight is 559 g/mol. The number of aromatic hydroxyl groups is 2. The predicted octanol–water partition coefficient (Wildman–Crippen LogP) is 3.90. The Morgan fingerprint density at radius 3 is 2.49 bits per heavy atom. The van der Waals surface area contributed by atoms with E-state index in [2.05, 4.69) is 4.90 Å². The molecule has 10 nitrogen and oxygen atoms in total. The highest BCUT2D eigenvalue weighted by molar-refractivity contribution is 5.91. The third-order valence-corrected chi connectivity index (χ3v) is 7.72. The maximum Gasteiger partial charge on any atom is 0.231 e. The van der Waals surface area contributed by atoms with Crippen LogP contribution in [0.15, 0.2) is 63.8 Å². The molecular weight excluding hydrogens is 528 g/mol. The largest absolute Gasteiger partial charge is 0.507 e. The molecule has 1 saturated heterocycles. The Morgan fingerprint density at radius 1 is 1.00 bits per heavy atom. The number of benzene rings is 3. The Kier molecular flexibility index (Phi) is 6.92. The Morgan fingerprint density at radius 2 is 1.76 bits per heavy atom. The Bertz CT molecular complexity index is 1680. The molecule has 0 bridgehead atoms. The van der Waals surface area contributed by atoms with Crippen LogP contribution in [0.3, 0.4) is 0 Å². The number of hydrogen-bond acceptors (Lipinski definition) is 9. The quantitative estimate of drug-likeness (QED) is 0.363. The van der Waals surface area contributed by atoms with Gasteiger partial charge in [-0.05, 0) is 24.7 Å². The summed E-state index contributed by atoms with van der Waals surface area (Å²) in [6.45, 7) is 2.65. The van der Waals surface area contributed by atoms with Crippen LogP contribution in [0.25, 0.3) is 22.3 Å². The van der Waals surface area contributed by atoms with Gasteiger partial charge in [0.25, 0.3) is 0 Å². The lowest BCUT2D eigenvalue weighted by molar-refractivity contribution is -0.133. The molecule has 1 fully saturated rings. The second-order valence-corrected chi connectivity index (χ2v) is 10.3. The molecule has 1 amide bonds. The maximum atomic E-state index is 13.7. The molecule has 0 unspecified atom stereocenters. The lowest BCUT2D eigenvalue weighted by Crippen LogP contribution is -2.47. The first-order valence-corrected chi connectivity index (χ1v) is 13.4. The fourth-order valence-electron chi connectivity index (χ4n) is 5.50. The number of rotatable bonds is 6. The Labute approximate surface area is 235 Å². The van der Waals surface area contributed by atoms with Gasteiger partial charge in [-0.15, -0.1) is 0 Å².